The van der Waals surface area contributed by atoms with Gasteiger partial charge in [-0.2, -0.15) is 0 Å². The van der Waals surface area contributed by atoms with E-state index < -0.39 is 0 Å². The van der Waals surface area contributed by atoms with Gasteiger partial charge in [0, 0.05) is 6.54 Å². The molecule has 0 N–H and O–H groups in total. The Kier molecular flexibility index (Phi) is 2.99. The van der Waals surface area contributed by atoms with Gasteiger partial charge < -0.3 is 4.90 Å². The van der Waals surface area contributed by atoms with Crippen molar-refractivity contribution in [2.24, 2.45) is 0 Å². The third kappa shape index (κ3) is 1.88. The quantitative estimate of drug-likeness (QED) is 0.833. The van der Waals surface area contributed by atoms with E-state index in [2.05, 4.69) is 14.9 Å². The first-order valence-corrected chi connectivity index (χ1v) is 7.10. The summed E-state index contributed by atoms with van der Waals surface area (Å²) >= 11 is 1.64. The summed E-state index contributed by atoms with van der Waals surface area (Å²) in [4.78, 5) is 22.6. The summed E-state index contributed by atoms with van der Waals surface area (Å²) in [5.41, 5.74) is 0.970. The monoisotopic (exact) mass is 261 g/mol. The van der Waals surface area contributed by atoms with Crippen LogP contribution in [0.4, 0.5) is 5.82 Å². The molecule has 2 aromatic rings. The van der Waals surface area contributed by atoms with E-state index in [1.54, 1.807) is 24.6 Å². The fourth-order valence-corrected chi connectivity index (χ4v) is 3.44. The smallest absolute Gasteiger partial charge is 0.152 e. The van der Waals surface area contributed by atoms with E-state index in [9.17, 15) is 4.79 Å². The van der Waals surface area contributed by atoms with E-state index in [1.807, 2.05) is 11.4 Å². The molecule has 3 heterocycles. The minimum atomic E-state index is -0.0149. The molecule has 18 heavy (non-hydrogen) atoms. The summed E-state index contributed by atoms with van der Waals surface area (Å²) in [6.45, 7) is 2.59. The molecule has 1 saturated heterocycles. The van der Waals surface area contributed by atoms with Gasteiger partial charge in [0.25, 0.3) is 0 Å². The van der Waals surface area contributed by atoms with Gasteiger partial charge >= 0.3 is 0 Å². The number of hydrogen-bond donors (Lipinski definition) is 0. The molecule has 2 aromatic heterocycles. The van der Waals surface area contributed by atoms with E-state index in [0.29, 0.717) is 0 Å². The van der Waals surface area contributed by atoms with E-state index in [1.165, 1.54) is 0 Å². The molecular formula is C13H15N3OS. The Morgan fingerprint density at radius 2 is 2.33 bits per heavy atom. The molecule has 1 atom stereocenters. The fraction of sp³-hybridized carbons (Fsp3) is 0.462. The minimum Gasteiger partial charge on any atom is -0.345 e. The number of hydrogen-bond acceptors (Lipinski definition) is 5. The van der Waals surface area contributed by atoms with Crippen LogP contribution in [0.2, 0.25) is 0 Å². The van der Waals surface area contributed by atoms with Gasteiger partial charge in [-0.25, -0.2) is 9.97 Å². The van der Waals surface area contributed by atoms with E-state index >= 15 is 0 Å². The Morgan fingerprint density at radius 3 is 3.17 bits per heavy atom. The highest BCUT2D eigenvalue weighted by Crippen LogP contribution is 2.32. The lowest BCUT2D eigenvalue weighted by atomic mass is 9.99. The van der Waals surface area contributed by atoms with Crippen LogP contribution < -0.4 is 4.90 Å². The van der Waals surface area contributed by atoms with Gasteiger partial charge in [0.15, 0.2) is 11.6 Å². The lowest BCUT2D eigenvalue weighted by Crippen LogP contribution is -2.44. The summed E-state index contributed by atoms with van der Waals surface area (Å²) < 4.78 is 1.09. The maximum atomic E-state index is 11.8. The summed E-state index contributed by atoms with van der Waals surface area (Å²) in [5.74, 6) is 1.16. The predicted molar refractivity (Wildman–Crippen MR) is 73.1 cm³/mol. The normalized spacial score (nSPS) is 20.3. The zero-order valence-corrected chi connectivity index (χ0v) is 11.1. The van der Waals surface area contributed by atoms with E-state index in [-0.39, 0.29) is 11.8 Å². The van der Waals surface area contributed by atoms with E-state index in [4.69, 9.17) is 0 Å². The van der Waals surface area contributed by atoms with Crippen LogP contribution in [0.3, 0.4) is 0 Å². The number of piperidine rings is 1. The fourth-order valence-electron chi connectivity index (χ4n) is 2.59. The summed E-state index contributed by atoms with van der Waals surface area (Å²) in [6, 6.07) is 1.98. The molecule has 3 rings (SSSR count). The van der Waals surface area contributed by atoms with Gasteiger partial charge in [-0.05, 0) is 37.6 Å². The van der Waals surface area contributed by atoms with Crippen molar-refractivity contribution >= 4 is 33.2 Å². The third-order valence-corrected chi connectivity index (χ3v) is 4.37. The predicted octanol–water partition coefficient (Wildman–Crippen LogP) is 2.64. The van der Waals surface area contributed by atoms with Crippen molar-refractivity contribution in [2.75, 3.05) is 11.4 Å². The highest BCUT2D eigenvalue weighted by Gasteiger charge is 2.28. The maximum absolute atomic E-state index is 11.8. The molecule has 1 unspecified atom stereocenters. The molecular weight excluding hydrogens is 246 g/mol. The highest BCUT2D eigenvalue weighted by molar-refractivity contribution is 7.17. The molecule has 1 aliphatic heterocycles. The van der Waals surface area contributed by atoms with Crippen LogP contribution >= 0.6 is 11.3 Å². The number of Topliss-reactive ketones (excluding diaryl/α,β-unsaturated/α-hetero) is 1. The molecule has 4 nitrogen and oxygen atoms in total. The van der Waals surface area contributed by atoms with Crippen molar-refractivity contribution in [1.82, 2.24) is 9.97 Å². The molecule has 5 heteroatoms. The van der Waals surface area contributed by atoms with Crippen LogP contribution in [0, 0.1) is 0 Å². The largest absolute Gasteiger partial charge is 0.345 e. The van der Waals surface area contributed by atoms with Gasteiger partial charge in [0.2, 0.25) is 0 Å². The Morgan fingerprint density at radius 1 is 1.44 bits per heavy atom. The van der Waals surface area contributed by atoms with Gasteiger partial charge in [0.1, 0.15) is 6.33 Å². The van der Waals surface area contributed by atoms with Gasteiger partial charge in [0.05, 0.1) is 16.3 Å². The zero-order valence-electron chi connectivity index (χ0n) is 10.3. The number of aromatic nitrogens is 2. The first kappa shape index (κ1) is 11.6. The molecule has 0 radical (unpaired) electrons. The van der Waals surface area contributed by atoms with Crippen LogP contribution in [0.1, 0.15) is 26.2 Å². The molecule has 1 aliphatic rings. The standard InChI is InChI=1S/C13H15N3OS/c1-9(17)11-4-2-3-6-16(11)13-12-10(5-7-18-12)14-8-15-13/h5,7-8,11H,2-4,6H2,1H3. The van der Waals surface area contributed by atoms with Gasteiger partial charge in [-0.3, -0.25) is 4.79 Å². The van der Waals surface area contributed by atoms with Crippen LogP contribution in [0.25, 0.3) is 10.2 Å². The summed E-state index contributed by atoms with van der Waals surface area (Å²) in [5, 5.41) is 2.02. The van der Waals surface area contributed by atoms with Crippen LogP contribution in [-0.4, -0.2) is 28.3 Å². The Hall–Kier alpha value is -1.49. The lowest BCUT2D eigenvalue weighted by molar-refractivity contribution is -0.118. The molecule has 94 valence electrons. The second-order valence-electron chi connectivity index (χ2n) is 4.65. The number of ketones is 1. The average Bonchev–Trinajstić information content (AvgIpc) is 2.86. The van der Waals surface area contributed by atoms with Crippen molar-refractivity contribution < 1.29 is 4.79 Å². The van der Waals surface area contributed by atoms with Crippen LogP contribution in [-0.2, 0) is 4.79 Å². The SMILES string of the molecule is CC(=O)C1CCCCN1c1ncnc2ccsc12. The van der Waals surface area contributed by atoms with Crippen LogP contribution in [0.15, 0.2) is 17.8 Å². The number of nitrogens with zero attached hydrogens (tertiary/aromatic N) is 3. The number of carbonyl (C=O) groups is 1. The Labute approximate surface area is 110 Å². The summed E-state index contributed by atoms with van der Waals surface area (Å²) in [7, 11) is 0. The highest BCUT2D eigenvalue weighted by atomic mass is 32.1. The average molecular weight is 261 g/mol. The van der Waals surface area contributed by atoms with Crippen LogP contribution in [0.5, 0.6) is 0 Å². The number of carbonyl (C=O) groups excluding carboxylic acids is 1. The third-order valence-electron chi connectivity index (χ3n) is 3.47. The lowest BCUT2D eigenvalue weighted by Gasteiger charge is -2.35. The first-order chi connectivity index (χ1) is 8.77. The van der Waals surface area contributed by atoms with Crippen molar-refractivity contribution in [2.45, 2.75) is 32.2 Å². The molecule has 1 fully saturated rings. The number of thiophene rings is 1. The topological polar surface area (TPSA) is 46.1 Å². The number of anilines is 1. The number of rotatable bonds is 2. The Balaban J connectivity index is 2.06. The molecule has 0 saturated carbocycles. The Bertz CT molecular complexity index is 580. The second-order valence-corrected chi connectivity index (χ2v) is 5.56. The maximum Gasteiger partial charge on any atom is 0.152 e. The first-order valence-electron chi connectivity index (χ1n) is 6.22. The molecule has 0 bridgehead atoms. The summed E-state index contributed by atoms with van der Waals surface area (Å²) in [6.07, 6.45) is 4.78. The van der Waals surface area contributed by atoms with Gasteiger partial charge in [-0.1, -0.05) is 0 Å². The molecule has 0 aliphatic carbocycles. The van der Waals surface area contributed by atoms with Crippen molar-refractivity contribution in [1.29, 1.82) is 0 Å². The van der Waals surface area contributed by atoms with Gasteiger partial charge in [-0.15, -0.1) is 11.3 Å². The molecule has 0 spiro atoms. The number of fused-ring (bicyclic) bond motifs is 1. The van der Waals surface area contributed by atoms with Crippen molar-refractivity contribution in [3.8, 4) is 0 Å². The zero-order chi connectivity index (χ0) is 12.5. The van der Waals surface area contributed by atoms with Crippen molar-refractivity contribution in [3.63, 3.8) is 0 Å². The second kappa shape index (κ2) is 4.65. The minimum absolute atomic E-state index is 0.0149. The van der Waals surface area contributed by atoms with E-state index in [0.717, 1.165) is 41.8 Å². The molecule has 0 aromatic carbocycles. The van der Waals surface area contributed by atoms with Crippen molar-refractivity contribution in [3.05, 3.63) is 17.8 Å². The molecule has 0 amide bonds.